The van der Waals surface area contributed by atoms with Crippen molar-refractivity contribution in [2.24, 2.45) is 0 Å². The molecule has 16 heavy (non-hydrogen) atoms. The number of rotatable bonds is 5. The molecule has 4 heteroatoms. The fourth-order valence-corrected chi connectivity index (χ4v) is 1.71. The van der Waals surface area contributed by atoms with Crippen LogP contribution in [0.3, 0.4) is 0 Å². The Morgan fingerprint density at radius 3 is 2.31 bits per heavy atom. The van der Waals surface area contributed by atoms with Crippen LogP contribution < -0.4 is 5.32 Å². The smallest absolute Gasteiger partial charge is 0.130 e. The molecule has 0 bridgehead atoms. The molecule has 1 aromatic rings. The first-order chi connectivity index (χ1) is 7.56. The summed E-state index contributed by atoms with van der Waals surface area (Å²) in [5, 5.41) is 11.8. The standard InChI is InChI=1S/C12H17F2NO/c1-8(6-7-16)15-9(2)12-10(13)4-3-5-11(12)14/h3-5,8-9,15-16H,6-7H2,1-2H3. The Balaban J connectivity index is 2.76. The van der Waals surface area contributed by atoms with Crippen molar-refractivity contribution in [3.8, 4) is 0 Å². The Bertz CT molecular complexity index is 324. The maximum Gasteiger partial charge on any atom is 0.130 e. The van der Waals surface area contributed by atoms with E-state index in [2.05, 4.69) is 5.32 Å². The van der Waals surface area contributed by atoms with Gasteiger partial charge in [-0.3, -0.25) is 0 Å². The molecule has 0 fully saturated rings. The van der Waals surface area contributed by atoms with Gasteiger partial charge in [0.2, 0.25) is 0 Å². The highest BCUT2D eigenvalue weighted by molar-refractivity contribution is 5.22. The second-order valence-corrected chi connectivity index (χ2v) is 3.94. The van der Waals surface area contributed by atoms with Crippen molar-refractivity contribution in [1.29, 1.82) is 0 Å². The van der Waals surface area contributed by atoms with Crippen LogP contribution in [0.5, 0.6) is 0 Å². The van der Waals surface area contributed by atoms with E-state index < -0.39 is 17.7 Å². The molecule has 0 radical (unpaired) electrons. The topological polar surface area (TPSA) is 32.3 Å². The molecule has 0 aliphatic heterocycles. The van der Waals surface area contributed by atoms with E-state index in [0.29, 0.717) is 6.42 Å². The predicted molar refractivity (Wildman–Crippen MR) is 59.1 cm³/mol. The van der Waals surface area contributed by atoms with Gasteiger partial charge in [-0.25, -0.2) is 8.78 Å². The summed E-state index contributed by atoms with van der Waals surface area (Å²) in [7, 11) is 0. The summed E-state index contributed by atoms with van der Waals surface area (Å²) >= 11 is 0. The van der Waals surface area contributed by atoms with Crippen LogP contribution in [0.25, 0.3) is 0 Å². The zero-order valence-electron chi connectivity index (χ0n) is 9.50. The number of aliphatic hydroxyl groups excluding tert-OH is 1. The van der Waals surface area contributed by atoms with Crippen LogP contribution in [0.15, 0.2) is 18.2 Å². The van der Waals surface area contributed by atoms with Crippen LogP contribution in [0, 0.1) is 11.6 Å². The van der Waals surface area contributed by atoms with Crippen LogP contribution >= 0.6 is 0 Å². The third-order valence-electron chi connectivity index (χ3n) is 2.53. The fourth-order valence-electron chi connectivity index (χ4n) is 1.71. The molecule has 0 amide bonds. The predicted octanol–water partition coefficient (Wildman–Crippen LogP) is 2.39. The molecular formula is C12H17F2NO. The summed E-state index contributed by atoms with van der Waals surface area (Å²) in [5.41, 5.74) is 0.0484. The zero-order chi connectivity index (χ0) is 12.1. The minimum absolute atomic E-state index is 0.0130. The van der Waals surface area contributed by atoms with Crippen molar-refractivity contribution in [1.82, 2.24) is 5.32 Å². The third kappa shape index (κ3) is 3.25. The van der Waals surface area contributed by atoms with Gasteiger partial charge in [-0.05, 0) is 32.4 Å². The lowest BCUT2D eigenvalue weighted by molar-refractivity contribution is 0.263. The van der Waals surface area contributed by atoms with E-state index in [1.165, 1.54) is 18.2 Å². The molecular weight excluding hydrogens is 212 g/mol. The van der Waals surface area contributed by atoms with E-state index in [4.69, 9.17) is 5.11 Å². The Kier molecular flexibility index (Phi) is 4.83. The van der Waals surface area contributed by atoms with Crippen LogP contribution in [-0.2, 0) is 0 Å². The molecule has 0 aromatic heterocycles. The molecule has 2 atom stereocenters. The molecule has 0 saturated heterocycles. The van der Waals surface area contributed by atoms with Crippen LogP contribution in [0.1, 0.15) is 31.9 Å². The number of nitrogens with one attached hydrogen (secondary N) is 1. The maximum atomic E-state index is 13.4. The van der Waals surface area contributed by atoms with E-state index in [0.717, 1.165) is 0 Å². The van der Waals surface area contributed by atoms with Gasteiger partial charge in [0.05, 0.1) is 0 Å². The van der Waals surface area contributed by atoms with Gasteiger partial charge >= 0.3 is 0 Å². The average molecular weight is 229 g/mol. The minimum Gasteiger partial charge on any atom is -0.396 e. The SMILES string of the molecule is CC(CCO)NC(C)c1c(F)cccc1F. The van der Waals surface area contributed by atoms with Crippen LogP contribution in [-0.4, -0.2) is 17.8 Å². The lowest BCUT2D eigenvalue weighted by atomic mass is 10.1. The van der Waals surface area contributed by atoms with Crippen molar-refractivity contribution < 1.29 is 13.9 Å². The van der Waals surface area contributed by atoms with E-state index in [9.17, 15) is 8.78 Å². The molecule has 0 heterocycles. The lowest BCUT2D eigenvalue weighted by Gasteiger charge is -2.20. The summed E-state index contributed by atoms with van der Waals surface area (Å²) in [5.74, 6) is -1.09. The lowest BCUT2D eigenvalue weighted by Crippen LogP contribution is -2.30. The Morgan fingerprint density at radius 1 is 1.25 bits per heavy atom. The van der Waals surface area contributed by atoms with Crippen LogP contribution in [0.2, 0.25) is 0 Å². The normalized spacial score (nSPS) is 14.8. The highest BCUT2D eigenvalue weighted by atomic mass is 19.1. The summed E-state index contributed by atoms with van der Waals surface area (Å²) in [4.78, 5) is 0. The summed E-state index contributed by atoms with van der Waals surface area (Å²) < 4.78 is 26.8. The van der Waals surface area contributed by atoms with Crippen molar-refractivity contribution in [3.63, 3.8) is 0 Å². The first-order valence-corrected chi connectivity index (χ1v) is 5.37. The van der Waals surface area contributed by atoms with Gasteiger partial charge in [0.25, 0.3) is 0 Å². The van der Waals surface area contributed by atoms with Gasteiger partial charge in [0.1, 0.15) is 11.6 Å². The molecule has 0 saturated carbocycles. The van der Waals surface area contributed by atoms with E-state index in [1.807, 2.05) is 6.92 Å². The highest BCUT2D eigenvalue weighted by Crippen LogP contribution is 2.20. The van der Waals surface area contributed by atoms with Gasteiger partial charge in [0.15, 0.2) is 0 Å². The number of halogens is 2. The molecule has 0 aliphatic rings. The molecule has 90 valence electrons. The van der Waals surface area contributed by atoms with E-state index in [1.54, 1.807) is 6.92 Å². The number of hydrogen-bond acceptors (Lipinski definition) is 2. The van der Waals surface area contributed by atoms with Gasteiger partial charge in [-0.2, -0.15) is 0 Å². The fraction of sp³-hybridized carbons (Fsp3) is 0.500. The summed E-state index contributed by atoms with van der Waals surface area (Å²) in [6, 6.07) is 3.43. The highest BCUT2D eigenvalue weighted by Gasteiger charge is 2.17. The monoisotopic (exact) mass is 229 g/mol. The van der Waals surface area contributed by atoms with E-state index in [-0.39, 0.29) is 18.2 Å². The summed E-state index contributed by atoms with van der Waals surface area (Å²) in [6.45, 7) is 3.63. The van der Waals surface area contributed by atoms with Crippen molar-refractivity contribution in [2.75, 3.05) is 6.61 Å². The Hall–Kier alpha value is -1.00. The zero-order valence-corrected chi connectivity index (χ0v) is 9.50. The van der Waals surface area contributed by atoms with Gasteiger partial charge < -0.3 is 10.4 Å². The molecule has 2 nitrogen and oxygen atoms in total. The quantitative estimate of drug-likeness (QED) is 0.812. The largest absolute Gasteiger partial charge is 0.396 e. The number of aliphatic hydroxyl groups is 1. The first-order valence-electron chi connectivity index (χ1n) is 5.37. The molecule has 1 rings (SSSR count). The maximum absolute atomic E-state index is 13.4. The van der Waals surface area contributed by atoms with E-state index >= 15 is 0 Å². The van der Waals surface area contributed by atoms with Crippen LogP contribution in [0.4, 0.5) is 8.78 Å². The van der Waals surface area contributed by atoms with Gasteiger partial charge in [-0.1, -0.05) is 6.07 Å². The van der Waals surface area contributed by atoms with Gasteiger partial charge in [0, 0.05) is 24.3 Å². The van der Waals surface area contributed by atoms with Crippen molar-refractivity contribution in [2.45, 2.75) is 32.4 Å². The molecule has 2 unspecified atom stereocenters. The minimum atomic E-state index is -0.545. The molecule has 0 spiro atoms. The molecule has 2 N–H and O–H groups in total. The number of hydrogen-bond donors (Lipinski definition) is 2. The molecule has 0 aliphatic carbocycles. The first kappa shape index (κ1) is 13.1. The van der Waals surface area contributed by atoms with Gasteiger partial charge in [-0.15, -0.1) is 0 Å². The second kappa shape index (κ2) is 5.92. The Labute approximate surface area is 94.3 Å². The molecule has 1 aromatic carbocycles. The average Bonchev–Trinajstić information content (AvgIpc) is 2.17. The number of benzene rings is 1. The Morgan fingerprint density at radius 2 is 1.81 bits per heavy atom. The van der Waals surface area contributed by atoms with Crippen molar-refractivity contribution in [3.05, 3.63) is 35.4 Å². The second-order valence-electron chi connectivity index (χ2n) is 3.94. The van der Waals surface area contributed by atoms with Crippen molar-refractivity contribution >= 4 is 0 Å². The summed E-state index contributed by atoms with van der Waals surface area (Å²) in [6.07, 6.45) is 0.556. The third-order valence-corrected chi connectivity index (χ3v) is 2.53.